The van der Waals surface area contributed by atoms with Crippen molar-refractivity contribution in [3.63, 3.8) is 0 Å². The van der Waals surface area contributed by atoms with Gasteiger partial charge in [0.2, 0.25) is 17.7 Å². The molecule has 1 N–H and O–H groups in total. The first-order chi connectivity index (χ1) is 18.7. The van der Waals surface area contributed by atoms with Gasteiger partial charge in [0.1, 0.15) is 17.4 Å². The Morgan fingerprint density at radius 1 is 1.03 bits per heavy atom. The lowest BCUT2D eigenvalue weighted by molar-refractivity contribution is -0.152. The minimum absolute atomic E-state index is 0.00322. The third-order valence-electron chi connectivity index (χ3n) is 8.63. The summed E-state index contributed by atoms with van der Waals surface area (Å²) in [5, 5.41) is 9.87. The molecule has 4 heterocycles. The molecule has 6 atom stereocenters. The number of benzene rings is 1. The Kier molecular flexibility index (Phi) is 7.33. The molecule has 4 aliphatic rings. The maximum absolute atomic E-state index is 14.3. The van der Waals surface area contributed by atoms with Crippen LogP contribution in [0.3, 0.4) is 0 Å². The predicted octanol–water partition coefficient (Wildman–Crippen LogP) is 2.54. The van der Waals surface area contributed by atoms with Crippen molar-refractivity contribution in [3.8, 4) is 5.75 Å². The molecule has 0 bridgehead atoms. The highest BCUT2D eigenvalue weighted by Gasteiger charge is 2.74. The number of anilines is 1. The molecule has 9 nitrogen and oxygen atoms in total. The van der Waals surface area contributed by atoms with Gasteiger partial charge in [-0.05, 0) is 51.5 Å². The lowest BCUT2D eigenvalue weighted by Gasteiger charge is -2.38. The van der Waals surface area contributed by atoms with Crippen molar-refractivity contribution in [2.75, 3.05) is 37.7 Å². The monoisotopic (exact) mass is 537 g/mol. The van der Waals surface area contributed by atoms with Crippen molar-refractivity contribution in [1.82, 2.24) is 9.80 Å². The van der Waals surface area contributed by atoms with E-state index in [4.69, 9.17) is 9.47 Å². The van der Waals surface area contributed by atoms with Crippen molar-refractivity contribution in [3.05, 3.63) is 48.6 Å². The van der Waals surface area contributed by atoms with Gasteiger partial charge in [0.05, 0.1) is 30.7 Å². The van der Waals surface area contributed by atoms with Crippen LogP contribution in [0.5, 0.6) is 5.75 Å². The molecule has 0 aliphatic carbocycles. The molecule has 1 spiro atoms. The maximum Gasteiger partial charge on any atom is 0.249 e. The fraction of sp³-hybridized carbons (Fsp3) is 0.567. The summed E-state index contributed by atoms with van der Waals surface area (Å²) in [6, 6.07) is 6.35. The Bertz CT molecular complexity index is 1180. The molecule has 0 saturated carbocycles. The number of aliphatic hydroxyl groups excluding tert-OH is 1. The lowest BCUT2D eigenvalue weighted by atomic mass is 9.74. The number of nitrogens with zero attached hydrogens (tertiary/aromatic N) is 3. The molecule has 210 valence electrons. The minimum atomic E-state index is -1.31. The van der Waals surface area contributed by atoms with Crippen molar-refractivity contribution < 1.29 is 29.0 Å². The van der Waals surface area contributed by atoms with Crippen LogP contribution in [0, 0.1) is 11.8 Å². The molecule has 0 aromatic heterocycles. The Morgan fingerprint density at radius 2 is 1.74 bits per heavy atom. The van der Waals surface area contributed by atoms with Gasteiger partial charge in [0.15, 0.2) is 0 Å². The topological polar surface area (TPSA) is 99.6 Å². The maximum atomic E-state index is 14.3. The Morgan fingerprint density at radius 3 is 2.41 bits per heavy atom. The molecule has 0 radical (unpaired) electrons. The van der Waals surface area contributed by atoms with Crippen LogP contribution < -0.4 is 9.64 Å². The van der Waals surface area contributed by atoms with Crippen LogP contribution >= 0.6 is 0 Å². The van der Waals surface area contributed by atoms with Crippen LogP contribution in [-0.2, 0) is 19.1 Å². The number of fused-ring (bicyclic) bond motifs is 2. The highest BCUT2D eigenvalue weighted by atomic mass is 16.5. The lowest BCUT2D eigenvalue weighted by Crippen LogP contribution is -2.57. The highest BCUT2D eigenvalue weighted by molar-refractivity contribution is 6.04. The zero-order valence-electron chi connectivity index (χ0n) is 23.2. The van der Waals surface area contributed by atoms with Crippen LogP contribution in [0.2, 0.25) is 0 Å². The quantitative estimate of drug-likeness (QED) is 0.512. The van der Waals surface area contributed by atoms with Gasteiger partial charge in [-0.15, -0.1) is 0 Å². The first-order valence-corrected chi connectivity index (χ1v) is 14.0. The molecule has 5 rings (SSSR count). The van der Waals surface area contributed by atoms with Crippen molar-refractivity contribution in [2.24, 2.45) is 11.8 Å². The van der Waals surface area contributed by atoms with Gasteiger partial charge < -0.3 is 29.3 Å². The van der Waals surface area contributed by atoms with Gasteiger partial charge in [-0.3, -0.25) is 14.4 Å². The van der Waals surface area contributed by atoms with Gasteiger partial charge in [-0.1, -0.05) is 37.6 Å². The summed E-state index contributed by atoms with van der Waals surface area (Å²) in [5.74, 6) is -1.80. The first kappa shape index (κ1) is 27.4. The summed E-state index contributed by atoms with van der Waals surface area (Å²) >= 11 is 0. The molecule has 2 fully saturated rings. The SMILES string of the molecule is CCCC(C)N1CC=C[C@]23O[C@]4(C)C=CCN(c5ccc(OCC)cc5)C(=O)[C@@H]4[C@H]2C(=O)N(CCO)C3C1=O. The fourth-order valence-electron chi connectivity index (χ4n) is 6.98. The minimum Gasteiger partial charge on any atom is -0.494 e. The van der Waals surface area contributed by atoms with Gasteiger partial charge in [0, 0.05) is 31.4 Å². The summed E-state index contributed by atoms with van der Waals surface area (Å²) in [6.07, 6.45) is 9.27. The van der Waals surface area contributed by atoms with Crippen LogP contribution in [0.15, 0.2) is 48.6 Å². The second-order valence-corrected chi connectivity index (χ2v) is 11.1. The van der Waals surface area contributed by atoms with E-state index in [0.29, 0.717) is 31.1 Å². The summed E-state index contributed by atoms with van der Waals surface area (Å²) in [5.41, 5.74) is -1.71. The largest absolute Gasteiger partial charge is 0.494 e. The summed E-state index contributed by atoms with van der Waals surface area (Å²) in [4.78, 5) is 47.5. The molecule has 1 aromatic carbocycles. The van der Waals surface area contributed by atoms with Crippen molar-refractivity contribution in [2.45, 2.75) is 63.8 Å². The molecular formula is C30H39N3O6. The molecule has 3 amide bonds. The second-order valence-electron chi connectivity index (χ2n) is 11.1. The molecule has 4 aliphatic heterocycles. The van der Waals surface area contributed by atoms with E-state index in [1.54, 1.807) is 9.80 Å². The van der Waals surface area contributed by atoms with E-state index in [0.717, 1.165) is 12.8 Å². The van der Waals surface area contributed by atoms with E-state index in [1.807, 2.05) is 69.3 Å². The third kappa shape index (κ3) is 4.26. The Balaban J connectivity index is 1.57. The molecule has 9 heteroatoms. The number of carbonyl (C=O) groups excluding carboxylic acids is 3. The van der Waals surface area contributed by atoms with Crippen molar-refractivity contribution in [1.29, 1.82) is 0 Å². The van der Waals surface area contributed by atoms with E-state index in [9.17, 15) is 19.5 Å². The number of aliphatic hydroxyl groups is 1. The third-order valence-corrected chi connectivity index (χ3v) is 8.63. The average Bonchev–Trinajstić information content (AvgIpc) is 3.16. The van der Waals surface area contributed by atoms with Crippen LogP contribution in [0.25, 0.3) is 0 Å². The smallest absolute Gasteiger partial charge is 0.249 e. The van der Waals surface area contributed by atoms with E-state index < -0.39 is 29.1 Å². The summed E-state index contributed by atoms with van der Waals surface area (Å²) in [7, 11) is 0. The predicted molar refractivity (Wildman–Crippen MR) is 146 cm³/mol. The van der Waals surface area contributed by atoms with Gasteiger partial charge in [-0.25, -0.2) is 0 Å². The zero-order chi connectivity index (χ0) is 27.9. The van der Waals surface area contributed by atoms with Crippen LogP contribution in [0.4, 0.5) is 5.69 Å². The standard InChI is InChI=1S/C30H39N3O6/c1-5-9-20(3)31-16-8-15-30-24(27(36)33(18-19-34)25(30)28(31)37)23-26(35)32(17-7-14-29(23,4)39-30)21-10-12-22(13-11-21)38-6-2/h7-8,10-15,20,23-25,34H,5-6,9,16-19H2,1-4H3/t20?,23-,24-,25?,29+,30-/m0/s1. The summed E-state index contributed by atoms with van der Waals surface area (Å²) in [6.45, 7) is 8.82. The van der Waals surface area contributed by atoms with E-state index in [-0.39, 0.29) is 36.9 Å². The average molecular weight is 538 g/mol. The molecule has 2 unspecified atom stereocenters. The number of amides is 3. The second kappa shape index (κ2) is 10.4. The number of likely N-dealkylation sites (tertiary alicyclic amines) is 1. The van der Waals surface area contributed by atoms with Crippen molar-refractivity contribution >= 4 is 23.4 Å². The molecular weight excluding hydrogens is 498 g/mol. The van der Waals surface area contributed by atoms with Gasteiger partial charge in [-0.2, -0.15) is 0 Å². The Labute approximate surface area is 230 Å². The number of β-amino-alcohol motifs (C(OH)–C–C–N with tert-alkyl or cyclic N) is 1. The normalized spacial score (nSPS) is 32.6. The van der Waals surface area contributed by atoms with Gasteiger partial charge in [0.25, 0.3) is 0 Å². The number of carbonyl (C=O) groups is 3. The van der Waals surface area contributed by atoms with Crippen LogP contribution in [0.1, 0.15) is 40.5 Å². The van der Waals surface area contributed by atoms with Gasteiger partial charge >= 0.3 is 0 Å². The number of ether oxygens (including phenoxy) is 2. The number of hydrogen-bond donors (Lipinski definition) is 1. The Hall–Kier alpha value is -3.17. The van der Waals surface area contributed by atoms with Crippen LogP contribution in [-0.4, -0.2) is 88.8 Å². The van der Waals surface area contributed by atoms with E-state index in [2.05, 4.69) is 6.92 Å². The highest BCUT2D eigenvalue weighted by Crippen LogP contribution is 2.57. The van der Waals surface area contributed by atoms with E-state index >= 15 is 0 Å². The molecule has 39 heavy (non-hydrogen) atoms. The van der Waals surface area contributed by atoms with E-state index in [1.165, 1.54) is 4.90 Å². The first-order valence-electron chi connectivity index (χ1n) is 14.0. The zero-order valence-corrected chi connectivity index (χ0v) is 23.2. The number of rotatable bonds is 8. The molecule has 2 saturated heterocycles. The number of hydrogen-bond acceptors (Lipinski definition) is 6. The summed E-state index contributed by atoms with van der Waals surface area (Å²) < 4.78 is 12.4. The fourth-order valence-corrected chi connectivity index (χ4v) is 6.98. The molecule has 1 aromatic rings.